The molecule has 0 radical (unpaired) electrons. The molecule has 19 heteroatoms. The number of anilines is 3. The van der Waals surface area contributed by atoms with Crippen molar-refractivity contribution in [3.8, 4) is 28.5 Å². The summed E-state index contributed by atoms with van der Waals surface area (Å²) in [6, 6.07) is 18.4. The highest BCUT2D eigenvalue weighted by Crippen LogP contribution is 2.52. The number of alkyl halides is 3. The quantitative estimate of drug-likeness (QED) is 0.0909. The molecule has 3 fully saturated rings. The summed E-state index contributed by atoms with van der Waals surface area (Å²) in [5.74, 6) is -0.430. The Hall–Kier alpha value is -6.79. The highest BCUT2D eigenvalue weighted by Gasteiger charge is 2.45. The van der Waals surface area contributed by atoms with Gasteiger partial charge in [0.15, 0.2) is 11.6 Å². The number of halogens is 5. The molecule has 3 N–H and O–H groups in total. The molecule has 1 saturated carbocycles. The fourth-order valence-electron chi connectivity index (χ4n) is 9.30. The van der Waals surface area contributed by atoms with Crippen LogP contribution < -0.4 is 29.7 Å². The number of ether oxygens (including phenoxy) is 5. The smallest absolute Gasteiger partial charge is 0.418 e. The summed E-state index contributed by atoms with van der Waals surface area (Å²) in [5.41, 5.74) is -1.14. The molecule has 14 nitrogen and oxygen atoms in total. The first-order chi connectivity index (χ1) is 32.6. The van der Waals surface area contributed by atoms with Crippen LogP contribution >= 0.6 is 11.6 Å². The maximum atomic E-state index is 18.1. The number of nitrogens with zero attached hydrogens (tertiary/aromatic N) is 5. The van der Waals surface area contributed by atoms with Gasteiger partial charge in [0.1, 0.15) is 35.6 Å². The van der Waals surface area contributed by atoms with Gasteiger partial charge in [-0.1, -0.05) is 41.9 Å². The van der Waals surface area contributed by atoms with Gasteiger partial charge in [-0.05, 0) is 92.6 Å². The molecule has 5 aliphatic rings. The minimum absolute atomic E-state index is 0.00239. The van der Waals surface area contributed by atoms with Crippen LogP contribution in [-0.4, -0.2) is 72.1 Å². The molecule has 1 atom stereocenters. The van der Waals surface area contributed by atoms with Crippen LogP contribution in [0.4, 0.5) is 39.7 Å². The molecule has 5 aromatic rings. The Labute approximate surface area is 394 Å². The molecule has 2 saturated heterocycles. The van der Waals surface area contributed by atoms with Gasteiger partial charge in [-0.2, -0.15) is 13.2 Å². The van der Waals surface area contributed by atoms with Crippen molar-refractivity contribution in [3.63, 3.8) is 0 Å². The molecular formula is C49H48ClF4N7O7. The van der Waals surface area contributed by atoms with E-state index in [0.29, 0.717) is 23.7 Å². The molecule has 3 aromatic carbocycles. The summed E-state index contributed by atoms with van der Waals surface area (Å²) in [4.78, 5) is 28.9. The number of amidine groups is 1. The van der Waals surface area contributed by atoms with Crippen molar-refractivity contribution in [3.05, 3.63) is 129 Å². The number of aromatic nitrogens is 2. The van der Waals surface area contributed by atoms with Crippen molar-refractivity contribution in [2.45, 2.75) is 70.9 Å². The van der Waals surface area contributed by atoms with Crippen molar-refractivity contribution in [1.82, 2.24) is 14.9 Å². The molecule has 2 bridgehead atoms. The number of benzene rings is 3. The minimum Gasteiger partial charge on any atom is -0.497 e. The molecular weight excluding hydrogens is 910 g/mol. The highest BCUT2D eigenvalue weighted by atomic mass is 35.5. The number of amides is 1. The molecule has 6 heterocycles. The number of carboxylic acid groups (broad SMARTS) is 1. The van der Waals surface area contributed by atoms with E-state index in [9.17, 15) is 9.90 Å². The van der Waals surface area contributed by atoms with Crippen molar-refractivity contribution in [2.24, 2.45) is 10.4 Å². The summed E-state index contributed by atoms with van der Waals surface area (Å²) in [7, 11) is 3.10. The van der Waals surface area contributed by atoms with Gasteiger partial charge in [0.05, 0.1) is 78.9 Å². The molecule has 2 aromatic heterocycles. The van der Waals surface area contributed by atoms with Crippen molar-refractivity contribution >= 4 is 40.9 Å². The van der Waals surface area contributed by atoms with E-state index in [-0.39, 0.29) is 78.1 Å². The molecule has 356 valence electrons. The van der Waals surface area contributed by atoms with E-state index in [0.717, 1.165) is 36.8 Å². The summed E-state index contributed by atoms with van der Waals surface area (Å²) >= 11 is 7.20. The Bertz CT molecular complexity index is 2720. The van der Waals surface area contributed by atoms with Crippen LogP contribution in [-0.2, 0) is 28.7 Å². The molecule has 68 heavy (non-hydrogen) atoms. The molecule has 1 amide bonds. The van der Waals surface area contributed by atoms with Crippen LogP contribution in [0.3, 0.4) is 0 Å². The third kappa shape index (κ3) is 9.13. The van der Waals surface area contributed by atoms with Crippen molar-refractivity contribution in [2.75, 3.05) is 49.6 Å². The highest BCUT2D eigenvalue weighted by molar-refractivity contribution is 6.37. The Balaban J connectivity index is 1.20. The van der Waals surface area contributed by atoms with Crippen LogP contribution in [0.1, 0.15) is 72.0 Å². The van der Waals surface area contributed by atoms with Gasteiger partial charge in [0, 0.05) is 30.3 Å². The number of rotatable bonds is 14. The van der Waals surface area contributed by atoms with E-state index in [1.165, 1.54) is 25.4 Å². The fraction of sp³-hybridized carbons (Fsp3) is 0.347. The van der Waals surface area contributed by atoms with Gasteiger partial charge in [0.25, 0.3) is 0 Å². The van der Waals surface area contributed by atoms with E-state index >= 15 is 17.6 Å². The monoisotopic (exact) mass is 957 g/mol. The third-order valence-corrected chi connectivity index (χ3v) is 13.3. The first-order valence-corrected chi connectivity index (χ1v) is 22.3. The van der Waals surface area contributed by atoms with Gasteiger partial charge in [-0.15, -0.1) is 0 Å². The fourth-order valence-corrected chi connectivity index (χ4v) is 9.64. The number of fused-ring (bicyclic) bond motifs is 3. The predicted molar refractivity (Wildman–Crippen MR) is 247 cm³/mol. The second-order valence-corrected chi connectivity index (χ2v) is 17.7. The maximum absolute atomic E-state index is 18.1. The second kappa shape index (κ2) is 18.7. The number of carbonyl (C=O) groups is 1. The third-order valence-electron chi connectivity index (χ3n) is 12.9. The average Bonchev–Trinajstić information content (AvgIpc) is 3.50. The Morgan fingerprint density at radius 2 is 1.71 bits per heavy atom. The molecule has 0 spiro atoms. The minimum atomic E-state index is -5.02. The zero-order valence-corrected chi connectivity index (χ0v) is 38.3. The summed E-state index contributed by atoms with van der Waals surface area (Å²) < 4.78 is 94.3. The Morgan fingerprint density at radius 3 is 2.29 bits per heavy atom. The number of nitrogens with one attached hydrogen (secondary N) is 2. The average molecular weight is 958 g/mol. The standard InChI is InChI=1S/C49H48ClF4N7O7/c1-27-20-35(60(21-29-7-11-31(64-3)12-8-29)22-30-9-13-32(65-4)14-10-30)58-42(39(27)49(52,53)54)37-40(50)43-38-44(41(37)51)68-36(67-25-48-17-15-33(16-18-48)66-24-48)23-61(46(38)57-26-56-43)28(2)34-6-5-19-55-45(34)59-47(62)63/h5-14,19-20,23,28,33,56H,15-18,21-22,24-26H2,1-4H3,(H,55,59)(H,62,63). The number of methoxy groups -OCH3 is 2. The van der Waals surface area contributed by atoms with Crippen LogP contribution in [0, 0.1) is 18.2 Å². The number of aliphatic imine (C=N–C) groups is 1. The lowest BCUT2D eigenvalue weighted by Crippen LogP contribution is -2.45. The molecule has 1 aliphatic carbocycles. The van der Waals surface area contributed by atoms with Crippen LogP contribution in [0.15, 0.2) is 90.1 Å². The van der Waals surface area contributed by atoms with Crippen LogP contribution in [0.2, 0.25) is 5.02 Å². The maximum Gasteiger partial charge on any atom is 0.418 e. The van der Waals surface area contributed by atoms with E-state index in [1.54, 1.807) is 67.3 Å². The SMILES string of the molecule is COc1ccc(CN(Cc2ccc(OC)cc2)c2cc(C)c(C(F)(F)F)c(-c3c(F)c4c5c(c3Cl)NCN=C5N(C(C)c3cccnc3NC(=O)O)C=C(OCC35CCC(CC3)OC5)O4)n2)cc1. The predicted octanol–water partition coefficient (Wildman–Crippen LogP) is 10.9. The number of hydrogen-bond donors (Lipinski definition) is 3. The van der Waals surface area contributed by atoms with Gasteiger partial charge in [0.2, 0.25) is 0 Å². The van der Waals surface area contributed by atoms with Crippen LogP contribution in [0.25, 0.3) is 11.3 Å². The van der Waals surface area contributed by atoms with E-state index < -0.39 is 51.7 Å². The Morgan fingerprint density at radius 1 is 1.04 bits per heavy atom. The summed E-state index contributed by atoms with van der Waals surface area (Å²) in [6.45, 7) is 3.88. The molecule has 4 aliphatic heterocycles. The largest absolute Gasteiger partial charge is 0.497 e. The first kappa shape index (κ1) is 46.3. The lowest BCUT2D eigenvalue weighted by Gasteiger charge is -2.45. The summed E-state index contributed by atoms with van der Waals surface area (Å²) in [6.07, 6.45) is 0.0805. The van der Waals surface area contributed by atoms with Gasteiger partial charge in [-0.25, -0.2) is 24.1 Å². The zero-order chi connectivity index (χ0) is 47.9. The molecule has 10 rings (SSSR count). The van der Waals surface area contributed by atoms with Gasteiger partial charge >= 0.3 is 18.2 Å². The van der Waals surface area contributed by atoms with Crippen LogP contribution in [0.5, 0.6) is 17.2 Å². The Kier molecular flexibility index (Phi) is 12.7. The number of pyridine rings is 2. The lowest BCUT2D eigenvalue weighted by atomic mass is 9.72. The lowest BCUT2D eigenvalue weighted by molar-refractivity contribution is -0.140. The number of hydrogen-bond acceptors (Lipinski definition) is 12. The van der Waals surface area contributed by atoms with E-state index in [1.807, 2.05) is 24.3 Å². The number of aryl methyl sites for hydroxylation is 1. The van der Waals surface area contributed by atoms with E-state index in [2.05, 4.69) is 20.6 Å². The van der Waals surface area contributed by atoms with Crippen molar-refractivity contribution in [1.29, 1.82) is 0 Å². The second-order valence-electron chi connectivity index (χ2n) is 17.3. The molecule has 1 unspecified atom stereocenters. The zero-order valence-electron chi connectivity index (χ0n) is 37.5. The van der Waals surface area contributed by atoms with E-state index in [4.69, 9.17) is 40.3 Å². The topological polar surface area (TPSA) is 152 Å². The first-order valence-electron chi connectivity index (χ1n) is 22.0. The van der Waals surface area contributed by atoms with Gasteiger partial charge in [-0.3, -0.25) is 5.32 Å². The normalized spacial score (nSPS) is 18.8. The summed E-state index contributed by atoms with van der Waals surface area (Å²) in [5, 5.41) is 14.7. The van der Waals surface area contributed by atoms with Crippen molar-refractivity contribution < 1.29 is 51.1 Å². The van der Waals surface area contributed by atoms with Gasteiger partial charge < -0.3 is 43.9 Å².